The highest BCUT2D eigenvalue weighted by Gasteiger charge is 2.37. The Bertz CT molecular complexity index is 578. The van der Waals surface area contributed by atoms with E-state index < -0.39 is 6.04 Å². The summed E-state index contributed by atoms with van der Waals surface area (Å²) in [4.78, 5) is 26.8. The standard InChI is InChI=1S/C19H26N2O2/c1-20-19(23)17-13-15-9-5-6-10-16(15)21(17)18(22)12-11-14-7-3-2-4-8-14/h5-6,9-10,14,17H,2-4,7-8,11-13H2,1H3,(H,20,23). The van der Waals surface area contributed by atoms with Gasteiger partial charge in [-0.15, -0.1) is 0 Å². The number of carbonyl (C=O) groups excluding carboxylic acids is 2. The molecule has 2 amide bonds. The lowest BCUT2D eigenvalue weighted by atomic mass is 9.86. The van der Waals surface area contributed by atoms with Gasteiger partial charge in [0.25, 0.3) is 0 Å². The normalized spacial score (nSPS) is 21.1. The number of hydrogen-bond acceptors (Lipinski definition) is 2. The second-order valence-corrected chi connectivity index (χ2v) is 6.77. The fraction of sp³-hybridized carbons (Fsp3) is 0.579. The monoisotopic (exact) mass is 314 g/mol. The van der Waals surface area contributed by atoms with Crippen molar-refractivity contribution in [2.45, 2.75) is 57.4 Å². The summed E-state index contributed by atoms with van der Waals surface area (Å²) in [5.74, 6) is 0.699. The Kier molecular flexibility index (Phi) is 4.99. The van der Waals surface area contributed by atoms with Crippen LogP contribution < -0.4 is 10.2 Å². The molecule has 1 atom stereocenters. The fourth-order valence-corrected chi connectivity index (χ4v) is 3.99. The van der Waals surface area contributed by atoms with Gasteiger partial charge in [0.05, 0.1) is 0 Å². The van der Waals surface area contributed by atoms with E-state index in [2.05, 4.69) is 5.32 Å². The predicted octanol–water partition coefficient (Wildman–Crippen LogP) is 3.05. The average Bonchev–Trinajstić information content (AvgIpc) is 2.99. The maximum absolute atomic E-state index is 12.8. The quantitative estimate of drug-likeness (QED) is 0.928. The van der Waals surface area contributed by atoms with E-state index in [0.29, 0.717) is 18.8 Å². The summed E-state index contributed by atoms with van der Waals surface area (Å²) in [5, 5.41) is 2.70. The molecule has 0 radical (unpaired) electrons. The Morgan fingerprint density at radius 3 is 2.65 bits per heavy atom. The molecule has 0 saturated heterocycles. The molecule has 1 N–H and O–H groups in total. The molecule has 1 fully saturated rings. The van der Waals surface area contributed by atoms with Crippen LogP contribution in [0.5, 0.6) is 0 Å². The van der Waals surface area contributed by atoms with Gasteiger partial charge in [-0.25, -0.2) is 0 Å². The Labute approximate surface area is 138 Å². The molecule has 4 nitrogen and oxygen atoms in total. The third-order valence-electron chi connectivity index (χ3n) is 5.29. The number of para-hydroxylation sites is 1. The number of anilines is 1. The van der Waals surface area contributed by atoms with E-state index in [1.165, 1.54) is 32.1 Å². The summed E-state index contributed by atoms with van der Waals surface area (Å²) in [6.07, 6.45) is 8.56. The molecule has 0 aromatic heterocycles. The topological polar surface area (TPSA) is 49.4 Å². The molecule has 0 spiro atoms. The van der Waals surface area contributed by atoms with Crippen LogP contribution in [0.1, 0.15) is 50.5 Å². The van der Waals surface area contributed by atoms with Gasteiger partial charge in [0.1, 0.15) is 6.04 Å². The van der Waals surface area contributed by atoms with Crippen molar-refractivity contribution < 1.29 is 9.59 Å². The molecule has 1 aromatic carbocycles. The molecular formula is C19H26N2O2. The van der Waals surface area contributed by atoms with Gasteiger partial charge in [-0.05, 0) is 24.0 Å². The number of amides is 2. The highest BCUT2D eigenvalue weighted by molar-refractivity contribution is 6.03. The van der Waals surface area contributed by atoms with Crippen molar-refractivity contribution in [1.29, 1.82) is 0 Å². The lowest BCUT2D eigenvalue weighted by Gasteiger charge is -2.26. The van der Waals surface area contributed by atoms with Crippen LogP contribution in [-0.4, -0.2) is 24.9 Å². The molecule has 1 heterocycles. The zero-order chi connectivity index (χ0) is 16.2. The van der Waals surface area contributed by atoms with Crippen LogP contribution in [0.4, 0.5) is 5.69 Å². The highest BCUT2D eigenvalue weighted by Crippen LogP contribution is 2.34. The summed E-state index contributed by atoms with van der Waals surface area (Å²) in [6.45, 7) is 0. The maximum atomic E-state index is 12.8. The van der Waals surface area contributed by atoms with E-state index >= 15 is 0 Å². The van der Waals surface area contributed by atoms with Gasteiger partial charge >= 0.3 is 0 Å². The summed E-state index contributed by atoms with van der Waals surface area (Å²) in [7, 11) is 1.63. The van der Waals surface area contributed by atoms with E-state index in [1.807, 2.05) is 24.3 Å². The highest BCUT2D eigenvalue weighted by atomic mass is 16.2. The summed E-state index contributed by atoms with van der Waals surface area (Å²) in [6, 6.07) is 7.48. The van der Waals surface area contributed by atoms with Crippen molar-refractivity contribution in [2.75, 3.05) is 11.9 Å². The van der Waals surface area contributed by atoms with Gasteiger partial charge in [-0.3, -0.25) is 14.5 Å². The van der Waals surface area contributed by atoms with Crippen molar-refractivity contribution in [2.24, 2.45) is 5.92 Å². The van der Waals surface area contributed by atoms with Gasteiger partial charge in [0.2, 0.25) is 11.8 Å². The van der Waals surface area contributed by atoms with Crippen molar-refractivity contribution in [1.82, 2.24) is 5.32 Å². The van der Waals surface area contributed by atoms with Crippen molar-refractivity contribution >= 4 is 17.5 Å². The molecule has 3 rings (SSSR count). The van der Waals surface area contributed by atoms with E-state index in [-0.39, 0.29) is 11.8 Å². The number of benzene rings is 1. The van der Waals surface area contributed by atoms with Crippen LogP contribution in [0.2, 0.25) is 0 Å². The first-order valence-electron chi connectivity index (χ1n) is 8.82. The van der Waals surface area contributed by atoms with E-state index in [9.17, 15) is 9.59 Å². The van der Waals surface area contributed by atoms with Gasteiger partial charge in [0, 0.05) is 25.6 Å². The number of fused-ring (bicyclic) bond motifs is 1. The van der Waals surface area contributed by atoms with Crippen LogP contribution in [-0.2, 0) is 16.0 Å². The molecule has 0 bridgehead atoms. The van der Waals surface area contributed by atoms with Gasteiger partial charge < -0.3 is 5.32 Å². The van der Waals surface area contributed by atoms with Crippen LogP contribution in [0, 0.1) is 5.92 Å². The second-order valence-electron chi connectivity index (χ2n) is 6.77. The number of nitrogens with zero attached hydrogens (tertiary/aromatic N) is 1. The minimum Gasteiger partial charge on any atom is -0.357 e. The summed E-state index contributed by atoms with van der Waals surface area (Å²) < 4.78 is 0. The maximum Gasteiger partial charge on any atom is 0.243 e. The van der Waals surface area contributed by atoms with Crippen LogP contribution in [0.15, 0.2) is 24.3 Å². The van der Waals surface area contributed by atoms with Crippen LogP contribution in [0.25, 0.3) is 0 Å². The molecular weight excluding hydrogens is 288 g/mol. The molecule has 2 aliphatic rings. The molecule has 1 aliphatic carbocycles. The molecule has 4 heteroatoms. The first kappa shape index (κ1) is 16.0. The first-order valence-corrected chi connectivity index (χ1v) is 8.82. The predicted molar refractivity (Wildman–Crippen MR) is 91.3 cm³/mol. The van der Waals surface area contributed by atoms with Crippen molar-refractivity contribution in [3.8, 4) is 0 Å². The smallest absolute Gasteiger partial charge is 0.243 e. The summed E-state index contributed by atoms with van der Waals surface area (Å²) in [5.41, 5.74) is 2.00. The van der Waals surface area contributed by atoms with E-state index in [4.69, 9.17) is 0 Å². The number of rotatable bonds is 4. The SMILES string of the molecule is CNC(=O)C1Cc2ccccc2N1C(=O)CCC1CCCCC1. The van der Waals surface area contributed by atoms with Crippen molar-refractivity contribution in [3.05, 3.63) is 29.8 Å². The zero-order valence-electron chi connectivity index (χ0n) is 13.9. The van der Waals surface area contributed by atoms with Gasteiger partial charge in [-0.2, -0.15) is 0 Å². The Morgan fingerprint density at radius 1 is 1.17 bits per heavy atom. The second kappa shape index (κ2) is 7.16. The third-order valence-corrected chi connectivity index (χ3v) is 5.29. The van der Waals surface area contributed by atoms with Gasteiger partial charge in [0.15, 0.2) is 0 Å². The molecule has 23 heavy (non-hydrogen) atoms. The van der Waals surface area contributed by atoms with Crippen molar-refractivity contribution in [3.63, 3.8) is 0 Å². The third kappa shape index (κ3) is 3.41. The molecule has 1 saturated carbocycles. The number of nitrogens with one attached hydrogen (secondary N) is 1. The Balaban J connectivity index is 1.71. The largest absolute Gasteiger partial charge is 0.357 e. The first-order chi connectivity index (χ1) is 11.2. The van der Waals surface area contributed by atoms with Crippen LogP contribution in [0.3, 0.4) is 0 Å². The molecule has 124 valence electrons. The lowest BCUT2D eigenvalue weighted by Crippen LogP contribution is -2.47. The van der Waals surface area contributed by atoms with E-state index in [0.717, 1.165) is 17.7 Å². The zero-order valence-corrected chi connectivity index (χ0v) is 13.9. The number of likely N-dealkylation sites (N-methyl/N-ethyl adjacent to an activating group) is 1. The summed E-state index contributed by atoms with van der Waals surface area (Å²) >= 11 is 0. The fourth-order valence-electron chi connectivity index (χ4n) is 3.99. The Hall–Kier alpha value is -1.84. The number of carbonyl (C=O) groups is 2. The average molecular weight is 314 g/mol. The van der Waals surface area contributed by atoms with Crippen LogP contribution >= 0.6 is 0 Å². The minimum absolute atomic E-state index is 0.0767. The molecule has 1 aromatic rings. The number of hydrogen-bond donors (Lipinski definition) is 1. The molecule has 1 unspecified atom stereocenters. The Morgan fingerprint density at radius 2 is 1.91 bits per heavy atom. The minimum atomic E-state index is -0.392. The molecule has 1 aliphatic heterocycles. The lowest BCUT2D eigenvalue weighted by molar-refractivity contribution is -0.126. The van der Waals surface area contributed by atoms with Gasteiger partial charge in [-0.1, -0.05) is 50.3 Å². The van der Waals surface area contributed by atoms with E-state index in [1.54, 1.807) is 11.9 Å².